The summed E-state index contributed by atoms with van der Waals surface area (Å²) < 4.78 is 5.33. The molecule has 11 aromatic rings. The molecule has 9 aromatic carbocycles. The predicted molar refractivity (Wildman–Crippen MR) is 241 cm³/mol. The number of rotatable bonds is 6. The first-order valence-electron chi connectivity index (χ1n) is 18.7. The molecule has 11 rings (SSSR count). The van der Waals surface area contributed by atoms with Gasteiger partial charge in [-0.05, 0) is 111 Å². The van der Waals surface area contributed by atoms with E-state index in [0.29, 0.717) is 0 Å². The molecule has 0 saturated carbocycles. The molecule has 2 heterocycles. The Morgan fingerprint density at radius 2 is 0.873 bits per heavy atom. The van der Waals surface area contributed by atoms with Gasteiger partial charge in [0.05, 0.1) is 0 Å². The average molecular weight is 736 g/mol. The Balaban J connectivity index is 0.984. The van der Waals surface area contributed by atoms with Crippen LogP contribution in [0.5, 0.6) is 0 Å². The molecule has 0 atom stereocenters. The van der Waals surface area contributed by atoms with Crippen LogP contribution in [0.25, 0.3) is 84.5 Å². The topological polar surface area (TPSA) is 3.24 Å². The Bertz CT molecular complexity index is 3190. The third kappa shape index (κ3) is 5.60. The van der Waals surface area contributed by atoms with Crippen molar-refractivity contribution in [2.24, 2.45) is 0 Å². The fraction of sp³-hybridized carbons (Fsp3) is 0. The maximum absolute atomic E-state index is 2.37. The molecule has 0 saturated heterocycles. The molecular formula is C52H33NS2. The van der Waals surface area contributed by atoms with E-state index in [2.05, 4.69) is 205 Å². The van der Waals surface area contributed by atoms with Crippen LogP contribution < -0.4 is 4.90 Å². The first-order valence-corrected chi connectivity index (χ1v) is 20.3. The van der Waals surface area contributed by atoms with Crippen LogP contribution in [-0.2, 0) is 0 Å². The summed E-state index contributed by atoms with van der Waals surface area (Å²) in [5.41, 5.74) is 10.7. The van der Waals surface area contributed by atoms with Crippen LogP contribution in [0.1, 0.15) is 0 Å². The van der Waals surface area contributed by atoms with Gasteiger partial charge >= 0.3 is 0 Å². The van der Waals surface area contributed by atoms with Gasteiger partial charge < -0.3 is 4.90 Å². The van der Waals surface area contributed by atoms with E-state index in [4.69, 9.17) is 0 Å². The van der Waals surface area contributed by atoms with Crippen molar-refractivity contribution in [3.05, 3.63) is 200 Å². The van der Waals surface area contributed by atoms with Gasteiger partial charge in [0.25, 0.3) is 0 Å². The lowest BCUT2D eigenvalue weighted by atomic mass is 9.99. The molecule has 55 heavy (non-hydrogen) atoms. The molecule has 0 N–H and O–H groups in total. The standard InChI is InChI=1S/C52H33NS2/c1-2-10-34(11-3-1)37-12-8-13-43(31-37)53(42-28-24-36(25-29-42)44-16-9-17-47-45-14-4-7-19-50(45)55-52(44)47)41-26-22-35(23-27-41)38-20-21-39-32-48-46-15-5-6-18-49(46)54-51(48)33-40(39)30-38/h1-33H. The van der Waals surface area contributed by atoms with E-state index in [9.17, 15) is 0 Å². The van der Waals surface area contributed by atoms with Gasteiger partial charge in [0.1, 0.15) is 0 Å². The normalized spacial score (nSPS) is 11.6. The van der Waals surface area contributed by atoms with Crippen molar-refractivity contribution in [2.75, 3.05) is 4.90 Å². The van der Waals surface area contributed by atoms with Gasteiger partial charge in [0.15, 0.2) is 0 Å². The Labute approximate surface area is 327 Å². The Morgan fingerprint density at radius 3 is 1.65 bits per heavy atom. The number of benzene rings is 9. The molecule has 0 unspecified atom stereocenters. The quantitative estimate of drug-likeness (QED) is 0.164. The zero-order chi connectivity index (χ0) is 36.3. The maximum Gasteiger partial charge on any atom is 0.0467 e. The minimum Gasteiger partial charge on any atom is -0.310 e. The third-order valence-corrected chi connectivity index (χ3v) is 13.2. The SMILES string of the molecule is c1ccc(-c2cccc(N(c3ccc(-c4ccc5cc6c(cc5c4)sc4ccccc46)cc3)c3ccc(-c4cccc5c4sc4ccccc45)cc3)c2)cc1. The van der Waals surface area contributed by atoms with Crippen LogP contribution in [-0.4, -0.2) is 0 Å². The molecule has 258 valence electrons. The molecule has 0 aliphatic rings. The highest BCUT2D eigenvalue weighted by Gasteiger charge is 2.16. The van der Waals surface area contributed by atoms with Crippen LogP contribution in [0, 0.1) is 0 Å². The van der Waals surface area contributed by atoms with Crippen molar-refractivity contribution < 1.29 is 0 Å². The zero-order valence-corrected chi connectivity index (χ0v) is 31.4. The Morgan fingerprint density at radius 1 is 0.291 bits per heavy atom. The van der Waals surface area contributed by atoms with E-state index in [1.165, 1.54) is 84.5 Å². The van der Waals surface area contributed by atoms with Crippen LogP contribution in [0.2, 0.25) is 0 Å². The fourth-order valence-corrected chi connectivity index (χ4v) is 10.5. The summed E-state index contributed by atoms with van der Waals surface area (Å²) in [5.74, 6) is 0. The van der Waals surface area contributed by atoms with Gasteiger partial charge in [0, 0.05) is 57.4 Å². The maximum atomic E-state index is 2.37. The largest absolute Gasteiger partial charge is 0.310 e. The second-order valence-corrected chi connectivity index (χ2v) is 16.3. The van der Waals surface area contributed by atoms with Crippen molar-refractivity contribution in [1.29, 1.82) is 0 Å². The molecule has 0 radical (unpaired) electrons. The predicted octanol–water partition coefficient (Wildman–Crippen LogP) is 16.0. The molecular weight excluding hydrogens is 703 g/mol. The average Bonchev–Trinajstić information content (AvgIpc) is 3.82. The van der Waals surface area contributed by atoms with Crippen molar-refractivity contribution in [2.45, 2.75) is 0 Å². The fourth-order valence-electron chi connectivity index (χ4n) is 8.12. The highest BCUT2D eigenvalue weighted by atomic mass is 32.1. The molecule has 0 bridgehead atoms. The van der Waals surface area contributed by atoms with E-state index < -0.39 is 0 Å². The van der Waals surface area contributed by atoms with E-state index >= 15 is 0 Å². The summed E-state index contributed by atoms with van der Waals surface area (Å²) in [5, 5.41) is 7.87. The number of hydrogen-bond acceptors (Lipinski definition) is 3. The Hall–Kier alpha value is -6.52. The van der Waals surface area contributed by atoms with Crippen molar-refractivity contribution >= 4 is 90.9 Å². The van der Waals surface area contributed by atoms with Crippen molar-refractivity contribution in [3.63, 3.8) is 0 Å². The van der Waals surface area contributed by atoms with Gasteiger partial charge in [-0.3, -0.25) is 0 Å². The Kier molecular flexibility index (Phi) is 7.61. The van der Waals surface area contributed by atoms with Gasteiger partial charge in [0.2, 0.25) is 0 Å². The number of hydrogen-bond donors (Lipinski definition) is 0. The third-order valence-electron chi connectivity index (χ3n) is 10.8. The van der Waals surface area contributed by atoms with E-state index in [1.54, 1.807) is 0 Å². The summed E-state index contributed by atoms with van der Waals surface area (Å²) in [6.45, 7) is 0. The second-order valence-electron chi connectivity index (χ2n) is 14.1. The summed E-state index contributed by atoms with van der Waals surface area (Å²) >= 11 is 3.75. The minimum absolute atomic E-state index is 1.11. The first-order chi connectivity index (χ1) is 27.2. The summed E-state index contributed by atoms with van der Waals surface area (Å²) in [7, 11) is 0. The van der Waals surface area contributed by atoms with Crippen LogP contribution in [0.15, 0.2) is 200 Å². The number of fused-ring (bicyclic) bond motifs is 7. The molecule has 1 nitrogen and oxygen atoms in total. The van der Waals surface area contributed by atoms with Gasteiger partial charge in [-0.1, -0.05) is 133 Å². The van der Waals surface area contributed by atoms with Crippen molar-refractivity contribution in [3.8, 4) is 33.4 Å². The highest BCUT2D eigenvalue weighted by molar-refractivity contribution is 7.26. The van der Waals surface area contributed by atoms with Gasteiger partial charge in [-0.25, -0.2) is 0 Å². The number of thiophene rings is 2. The summed E-state index contributed by atoms with van der Waals surface area (Å²) in [6, 6.07) is 73.4. The van der Waals surface area contributed by atoms with Gasteiger partial charge in [-0.2, -0.15) is 0 Å². The zero-order valence-electron chi connectivity index (χ0n) is 29.8. The lowest BCUT2D eigenvalue weighted by molar-refractivity contribution is 1.28. The van der Waals surface area contributed by atoms with E-state index in [-0.39, 0.29) is 0 Å². The molecule has 2 aromatic heterocycles. The van der Waals surface area contributed by atoms with Crippen molar-refractivity contribution in [1.82, 2.24) is 0 Å². The monoisotopic (exact) mass is 735 g/mol. The molecule has 0 aliphatic carbocycles. The number of anilines is 3. The molecule has 0 spiro atoms. The first kappa shape index (κ1) is 32.0. The number of nitrogens with zero attached hydrogens (tertiary/aromatic N) is 1. The smallest absolute Gasteiger partial charge is 0.0467 e. The molecule has 3 heteroatoms. The van der Waals surface area contributed by atoms with E-state index in [1.807, 2.05) is 22.7 Å². The summed E-state index contributed by atoms with van der Waals surface area (Å²) in [4.78, 5) is 2.37. The molecule has 0 amide bonds. The van der Waals surface area contributed by atoms with Gasteiger partial charge in [-0.15, -0.1) is 22.7 Å². The van der Waals surface area contributed by atoms with Crippen LogP contribution in [0.4, 0.5) is 17.1 Å². The second kappa shape index (κ2) is 13.1. The van der Waals surface area contributed by atoms with E-state index in [0.717, 1.165) is 17.1 Å². The molecule has 0 fully saturated rings. The lowest BCUT2D eigenvalue weighted by Gasteiger charge is -2.26. The highest BCUT2D eigenvalue weighted by Crippen LogP contribution is 2.43. The minimum atomic E-state index is 1.11. The molecule has 0 aliphatic heterocycles. The van der Waals surface area contributed by atoms with Crippen LogP contribution >= 0.6 is 22.7 Å². The summed E-state index contributed by atoms with van der Waals surface area (Å²) in [6.07, 6.45) is 0. The van der Waals surface area contributed by atoms with Crippen LogP contribution in [0.3, 0.4) is 0 Å². The lowest BCUT2D eigenvalue weighted by Crippen LogP contribution is -2.10.